The molecule has 0 fully saturated rings. The van der Waals surface area contributed by atoms with Gasteiger partial charge in [0.2, 0.25) is 0 Å². The fraction of sp³-hybridized carbons (Fsp3) is 0.833. The fourth-order valence-electron chi connectivity index (χ4n) is 1.09. The van der Waals surface area contributed by atoms with Crippen molar-refractivity contribution in [2.24, 2.45) is 10.8 Å². The SMILES string of the molecule is CC(C)(C)C(=O)C(Br)C(Br)C(=O)C(C)(C)C. The average molecular weight is 356 g/mol. The van der Waals surface area contributed by atoms with Crippen molar-refractivity contribution in [2.75, 3.05) is 0 Å². The molecule has 0 aromatic heterocycles. The number of carbonyl (C=O) groups is 2. The van der Waals surface area contributed by atoms with E-state index < -0.39 is 20.5 Å². The molecule has 4 heteroatoms. The van der Waals surface area contributed by atoms with Crippen molar-refractivity contribution in [3.8, 4) is 0 Å². The maximum Gasteiger partial charge on any atom is 0.153 e. The zero-order chi connectivity index (χ0) is 13.3. The molecule has 0 rings (SSSR count). The van der Waals surface area contributed by atoms with Gasteiger partial charge in [0, 0.05) is 10.8 Å². The molecule has 0 saturated carbocycles. The van der Waals surface area contributed by atoms with E-state index in [1.54, 1.807) is 0 Å². The van der Waals surface area contributed by atoms with Gasteiger partial charge in [-0.15, -0.1) is 0 Å². The summed E-state index contributed by atoms with van der Waals surface area (Å²) in [7, 11) is 0. The molecule has 0 aromatic carbocycles. The van der Waals surface area contributed by atoms with Crippen molar-refractivity contribution in [3.05, 3.63) is 0 Å². The van der Waals surface area contributed by atoms with Crippen LogP contribution in [0.4, 0.5) is 0 Å². The predicted octanol–water partition coefficient (Wildman–Crippen LogP) is 3.74. The Morgan fingerprint density at radius 2 is 0.938 bits per heavy atom. The molecule has 0 aliphatic rings. The summed E-state index contributed by atoms with van der Waals surface area (Å²) in [6, 6.07) is 0. The first kappa shape index (κ1) is 16.3. The number of Topliss-reactive ketones (excluding diaryl/α,β-unsaturated/α-hetero) is 2. The maximum absolute atomic E-state index is 12.0. The third kappa shape index (κ3) is 4.28. The van der Waals surface area contributed by atoms with Crippen LogP contribution in [0.5, 0.6) is 0 Å². The maximum atomic E-state index is 12.0. The van der Waals surface area contributed by atoms with Gasteiger partial charge in [0.05, 0.1) is 9.65 Å². The highest BCUT2D eigenvalue weighted by atomic mass is 79.9. The van der Waals surface area contributed by atoms with Gasteiger partial charge in [0.25, 0.3) is 0 Å². The van der Waals surface area contributed by atoms with Gasteiger partial charge in [0.15, 0.2) is 11.6 Å². The van der Waals surface area contributed by atoms with E-state index in [-0.39, 0.29) is 11.6 Å². The minimum absolute atomic E-state index is 0.0342. The number of halogens is 2. The molecule has 0 N–H and O–H groups in total. The number of ketones is 2. The summed E-state index contributed by atoms with van der Waals surface area (Å²) in [5, 5.41) is 0. The Bertz CT molecular complexity index is 254. The molecule has 0 spiro atoms. The van der Waals surface area contributed by atoms with Crippen LogP contribution in [-0.4, -0.2) is 21.2 Å². The second-order valence-corrected chi connectivity index (χ2v) is 8.01. The van der Waals surface area contributed by atoms with E-state index >= 15 is 0 Å². The molecule has 0 bridgehead atoms. The zero-order valence-corrected chi connectivity index (χ0v) is 13.9. The van der Waals surface area contributed by atoms with Crippen LogP contribution >= 0.6 is 31.9 Å². The van der Waals surface area contributed by atoms with Gasteiger partial charge in [-0.2, -0.15) is 0 Å². The molecule has 2 atom stereocenters. The van der Waals surface area contributed by atoms with Gasteiger partial charge in [-0.25, -0.2) is 0 Å². The quantitative estimate of drug-likeness (QED) is 0.722. The molecule has 94 valence electrons. The topological polar surface area (TPSA) is 34.1 Å². The first-order valence-corrected chi connectivity index (χ1v) is 7.09. The van der Waals surface area contributed by atoms with Crippen molar-refractivity contribution < 1.29 is 9.59 Å². The molecule has 0 radical (unpaired) electrons. The van der Waals surface area contributed by atoms with Crippen LogP contribution in [0.15, 0.2) is 0 Å². The molecule has 0 saturated heterocycles. The fourth-order valence-corrected chi connectivity index (χ4v) is 2.95. The minimum Gasteiger partial charge on any atom is -0.298 e. The summed E-state index contributed by atoms with van der Waals surface area (Å²) in [6.45, 7) is 11.1. The van der Waals surface area contributed by atoms with E-state index in [0.717, 1.165) is 0 Å². The largest absolute Gasteiger partial charge is 0.298 e. The van der Waals surface area contributed by atoms with Crippen LogP contribution < -0.4 is 0 Å². The highest BCUT2D eigenvalue weighted by Crippen LogP contribution is 2.30. The van der Waals surface area contributed by atoms with Crippen LogP contribution in [0.25, 0.3) is 0 Å². The highest BCUT2D eigenvalue weighted by Gasteiger charge is 2.39. The Morgan fingerprint density at radius 3 is 1.06 bits per heavy atom. The Morgan fingerprint density at radius 1 is 0.750 bits per heavy atom. The molecule has 0 aliphatic heterocycles. The van der Waals surface area contributed by atoms with Gasteiger partial charge in [-0.1, -0.05) is 73.4 Å². The summed E-state index contributed by atoms with van der Waals surface area (Å²) in [5.41, 5.74) is -0.892. The van der Waals surface area contributed by atoms with Crippen molar-refractivity contribution >= 4 is 43.4 Å². The normalized spacial score (nSPS) is 16.8. The number of alkyl halides is 2. The monoisotopic (exact) mass is 354 g/mol. The summed E-state index contributed by atoms with van der Waals surface area (Å²) < 4.78 is 0. The first-order valence-electron chi connectivity index (χ1n) is 5.26. The van der Waals surface area contributed by atoms with Crippen molar-refractivity contribution in [2.45, 2.75) is 51.2 Å². The molecule has 2 unspecified atom stereocenters. The van der Waals surface area contributed by atoms with Gasteiger partial charge in [-0.05, 0) is 0 Å². The van der Waals surface area contributed by atoms with Crippen molar-refractivity contribution in [1.29, 1.82) is 0 Å². The molecular weight excluding hydrogens is 336 g/mol. The van der Waals surface area contributed by atoms with Gasteiger partial charge < -0.3 is 0 Å². The standard InChI is InChI=1S/C12H20Br2O2/c1-11(2,3)9(15)7(13)8(14)10(16)12(4,5)6/h7-8H,1-6H3. The molecule has 0 aliphatic carbocycles. The molecular formula is C12H20Br2O2. The smallest absolute Gasteiger partial charge is 0.153 e. The molecule has 16 heavy (non-hydrogen) atoms. The molecule has 0 aromatic rings. The van der Waals surface area contributed by atoms with E-state index in [9.17, 15) is 9.59 Å². The molecule has 2 nitrogen and oxygen atoms in total. The third-order valence-corrected chi connectivity index (χ3v) is 4.83. The lowest BCUT2D eigenvalue weighted by Gasteiger charge is -2.27. The summed E-state index contributed by atoms with van der Waals surface area (Å²) in [6.07, 6.45) is 0. The molecule has 0 heterocycles. The van der Waals surface area contributed by atoms with Crippen molar-refractivity contribution in [1.82, 2.24) is 0 Å². The van der Waals surface area contributed by atoms with Crippen LogP contribution in [0.2, 0.25) is 0 Å². The van der Waals surface area contributed by atoms with Crippen LogP contribution in [0, 0.1) is 10.8 Å². The first-order chi connectivity index (χ1) is 6.89. The lowest BCUT2D eigenvalue weighted by molar-refractivity contribution is -0.130. The number of hydrogen-bond donors (Lipinski definition) is 0. The molecule has 0 amide bonds. The van der Waals surface area contributed by atoms with E-state index in [1.807, 2.05) is 41.5 Å². The van der Waals surface area contributed by atoms with Gasteiger partial charge in [-0.3, -0.25) is 9.59 Å². The van der Waals surface area contributed by atoms with Gasteiger partial charge in [0.1, 0.15) is 0 Å². The Hall–Kier alpha value is 0.300. The van der Waals surface area contributed by atoms with Crippen LogP contribution in [-0.2, 0) is 9.59 Å². The Balaban J connectivity index is 4.83. The van der Waals surface area contributed by atoms with Crippen LogP contribution in [0.1, 0.15) is 41.5 Å². The zero-order valence-electron chi connectivity index (χ0n) is 10.7. The average Bonchev–Trinajstić information content (AvgIpc) is 2.10. The van der Waals surface area contributed by atoms with E-state index in [2.05, 4.69) is 31.9 Å². The summed E-state index contributed by atoms with van der Waals surface area (Å²) in [4.78, 5) is 23.1. The number of carbonyl (C=O) groups excluding carboxylic acids is 2. The summed E-state index contributed by atoms with van der Waals surface area (Å²) >= 11 is 6.64. The minimum atomic E-state index is -0.473. The van der Waals surface area contributed by atoms with E-state index in [4.69, 9.17) is 0 Å². The predicted molar refractivity (Wildman–Crippen MR) is 74.4 cm³/mol. The van der Waals surface area contributed by atoms with Crippen molar-refractivity contribution in [3.63, 3.8) is 0 Å². The highest BCUT2D eigenvalue weighted by molar-refractivity contribution is 9.12. The number of rotatable bonds is 3. The number of hydrogen-bond acceptors (Lipinski definition) is 2. The van der Waals surface area contributed by atoms with E-state index in [1.165, 1.54) is 0 Å². The van der Waals surface area contributed by atoms with Gasteiger partial charge >= 0.3 is 0 Å². The van der Waals surface area contributed by atoms with Crippen LogP contribution in [0.3, 0.4) is 0 Å². The second kappa shape index (κ2) is 5.30. The summed E-state index contributed by atoms with van der Waals surface area (Å²) in [5.74, 6) is 0.0685. The van der Waals surface area contributed by atoms with E-state index in [0.29, 0.717) is 0 Å². The Kier molecular flexibility index (Phi) is 5.40. The Labute approximate surface area is 115 Å². The third-order valence-electron chi connectivity index (χ3n) is 2.24. The second-order valence-electron chi connectivity index (χ2n) is 6.03. The lowest BCUT2D eigenvalue weighted by atomic mass is 9.83. The lowest BCUT2D eigenvalue weighted by Crippen LogP contribution is -2.41.